The second-order valence-corrected chi connectivity index (χ2v) is 8.04. The van der Waals surface area contributed by atoms with Crippen molar-refractivity contribution < 1.29 is 27.1 Å². The lowest BCUT2D eigenvalue weighted by molar-refractivity contribution is 0.102. The summed E-state index contributed by atoms with van der Waals surface area (Å²) in [7, 11) is -4.45. The molecule has 0 bridgehead atoms. The van der Waals surface area contributed by atoms with Crippen LogP contribution in [0.4, 0.5) is 14.5 Å². The van der Waals surface area contributed by atoms with Gasteiger partial charge in [0.25, 0.3) is 15.9 Å². The van der Waals surface area contributed by atoms with E-state index < -0.39 is 32.5 Å². The van der Waals surface area contributed by atoms with Crippen LogP contribution in [0.2, 0.25) is 5.02 Å². The largest absolute Gasteiger partial charge is 0.506 e. The molecule has 0 atom stereocenters. The van der Waals surface area contributed by atoms with E-state index in [0.29, 0.717) is 4.31 Å². The van der Waals surface area contributed by atoms with Gasteiger partial charge in [0.15, 0.2) is 0 Å². The van der Waals surface area contributed by atoms with Gasteiger partial charge in [-0.15, -0.1) is 0 Å². The van der Waals surface area contributed by atoms with E-state index in [1.807, 2.05) is 0 Å². The molecular weight excluding hydrogens is 426 g/mol. The molecule has 1 aliphatic rings. The van der Waals surface area contributed by atoms with Gasteiger partial charge in [0.2, 0.25) is 0 Å². The van der Waals surface area contributed by atoms with Crippen molar-refractivity contribution in [3.8, 4) is 0 Å². The third-order valence-electron chi connectivity index (χ3n) is 3.80. The minimum absolute atomic E-state index is 0.157. The molecule has 1 heterocycles. The van der Waals surface area contributed by atoms with E-state index in [9.17, 15) is 27.1 Å². The first kappa shape index (κ1) is 20.6. The maximum absolute atomic E-state index is 14.3. The standard InChI is InChI=1S/C19H13ClF2N2O4S/c20-15-10-13(5-7-16(15)21)23-19(26)12-4-6-17(22)18(9-12)29(27,28)24-8-2-1-3-14(25)11-24/h1-11,25H,(H,23,26). The van der Waals surface area contributed by atoms with Gasteiger partial charge in [-0.25, -0.2) is 21.5 Å². The molecule has 0 radical (unpaired) electrons. The van der Waals surface area contributed by atoms with Gasteiger partial charge in [-0.3, -0.25) is 4.79 Å². The van der Waals surface area contributed by atoms with Crippen molar-refractivity contribution in [1.29, 1.82) is 0 Å². The molecule has 0 saturated carbocycles. The van der Waals surface area contributed by atoms with E-state index in [1.54, 1.807) is 0 Å². The van der Waals surface area contributed by atoms with Gasteiger partial charge in [-0.1, -0.05) is 17.7 Å². The zero-order valence-electron chi connectivity index (χ0n) is 14.5. The summed E-state index contributed by atoms with van der Waals surface area (Å²) >= 11 is 5.66. The van der Waals surface area contributed by atoms with E-state index in [1.165, 1.54) is 30.4 Å². The molecule has 1 aliphatic heterocycles. The number of amides is 1. The summed E-state index contributed by atoms with van der Waals surface area (Å²) < 4.78 is 53.7. The molecular formula is C19H13ClF2N2O4S. The highest BCUT2D eigenvalue weighted by atomic mass is 35.5. The molecule has 3 rings (SSSR count). The van der Waals surface area contributed by atoms with Crippen molar-refractivity contribution >= 4 is 33.2 Å². The van der Waals surface area contributed by atoms with Gasteiger partial charge in [-0.05, 0) is 48.6 Å². The lowest BCUT2D eigenvalue weighted by Gasteiger charge is -2.17. The Bertz CT molecular complexity index is 1180. The highest BCUT2D eigenvalue weighted by Crippen LogP contribution is 2.24. The van der Waals surface area contributed by atoms with Gasteiger partial charge in [0.05, 0.1) is 11.2 Å². The molecule has 2 aromatic rings. The molecule has 0 aromatic heterocycles. The van der Waals surface area contributed by atoms with Crippen LogP contribution in [0.15, 0.2) is 77.7 Å². The van der Waals surface area contributed by atoms with E-state index in [0.717, 1.165) is 36.7 Å². The van der Waals surface area contributed by atoms with Crippen molar-refractivity contribution in [2.75, 3.05) is 5.32 Å². The number of halogens is 3. The fourth-order valence-corrected chi connectivity index (χ4v) is 3.86. The normalized spacial score (nSPS) is 13.8. The number of carbonyl (C=O) groups excluding carboxylic acids is 1. The third kappa shape index (κ3) is 4.47. The maximum Gasteiger partial charge on any atom is 0.270 e. The molecule has 0 saturated heterocycles. The summed E-state index contributed by atoms with van der Waals surface area (Å²) in [6.07, 6.45) is 5.99. The maximum atomic E-state index is 14.3. The van der Waals surface area contributed by atoms with Gasteiger partial charge in [0.1, 0.15) is 22.3 Å². The molecule has 29 heavy (non-hydrogen) atoms. The molecule has 2 aromatic carbocycles. The molecule has 6 nitrogen and oxygen atoms in total. The van der Waals surface area contributed by atoms with Crippen LogP contribution in [-0.2, 0) is 10.0 Å². The Balaban J connectivity index is 1.94. The molecule has 0 aliphatic carbocycles. The number of benzene rings is 2. The van der Waals surface area contributed by atoms with Crippen molar-refractivity contribution in [2.45, 2.75) is 4.90 Å². The fourth-order valence-electron chi connectivity index (χ4n) is 2.39. The Hall–Kier alpha value is -3.17. The number of aliphatic hydroxyl groups excluding tert-OH is 1. The zero-order valence-corrected chi connectivity index (χ0v) is 16.1. The fraction of sp³-hybridized carbons (Fsp3) is 0. The smallest absolute Gasteiger partial charge is 0.270 e. The van der Waals surface area contributed by atoms with Gasteiger partial charge in [-0.2, -0.15) is 0 Å². The summed E-state index contributed by atoms with van der Waals surface area (Å²) in [5.41, 5.74) is 0.0139. The van der Waals surface area contributed by atoms with Crippen LogP contribution in [0.25, 0.3) is 0 Å². The minimum atomic E-state index is -4.45. The Labute approximate surface area is 170 Å². The number of allylic oxidation sites excluding steroid dienone is 3. The second kappa shape index (κ2) is 8.06. The zero-order chi connectivity index (χ0) is 21.2. The van der Waals surface area contributed by atoms with E-state index in [-0.39, 0.29) is 22.0 Å². The van der Waals surface area contributed by atoms with Crippen LogP contribution < -0.4 is 5.32 Å². The van der Waals surface area contributed by atoms with Crippen LogP contribution in [0.5, 0.6) is 0 Å². The first-order chi connectivity index (χ1) is 13.7. The van der Waals surface area contributed by atoms with Gasteiger partial charge in [0, 0.05) is 17.5 Å². The monoisotopic (exact) mass is 438 g/mol. The topological polar surface area (TPSA) is 86.7 Å². The lowest BCUT2D eigenvalue weighted by atomic mass is 10.2. The van der Waals surface area contributed by atoms with E-state index in [2.05, 4.69) is 5.32 Å². The summed E-state index contributed by atoms with van der Waals surface area (Å²) in [6, 6.07) is 6.30. The van der Waals surface area contributed by atoms with Gasteiger partial charge >= 0.3 is 0 Å². The number of hydrogen-bond acceptors (Lipinski definition) is 4. The number of rotatable bonds is 4. The van der Waals surface area contributed by atoms with E-state index >= 15 is 0 Å². The average molecular weight is 439 g/mol. The van der Waals surface area contributed by atoms with Crippen LogP contribution in [0, 0.1) is 11.6 Å². The van der Waals surface area contributed by atoms with Crippen LogP contribution >= 0.6 is 11.6 Å². The van der Waals surface area contributed by atoms with Crippen molar-refractivity contribution in [3.05, 3.63) is 95.0 Å². The SMILES string of the molecule is O=C(Nc1ccc(F)c(Cl)c1)c1ccc(F)c(S(=O)(=O)N2C=CC=CC(O)=C2)c1. The van der Waals surface area contributed by atoms with Gasteiger partial charge < -0.3 is 10.4 Å². The molecule has 0 unspecified atom stereocenters. The predicted octanol–water partition coefficient (Wildman–Crippen LogP) is 4.34. The summed E-state index contributed by atoms with van der Waals surface area (Å²) in [6.45, 7) is 0. The molecule has 10 heteroatoms. The highest BCUT2D eigenvalue weighted by Gasteiger charge is 2.26. The quantitative estimate of drug-likeness (QED) is 0.743. The second-order valence-electron chi connectivity index (χ2n) is 5.82. The summed E-state index contributed by atoms with van der Waals surface area (Å²) in [5, 5.41) is 11.8. The summed E-state index contributed by atoms with van der Waals surface area (Å²) in [5.74, 6) is -2.86. The molecule has 0 spiro atoms. The van der Waals surface area contributed by atoms with Crippen LogP contribution in [0.3, 0.4) is 0 Å². The Morgan fingerprint density at radius 2 is 1.79 bits per heavy atom. The number of nitrogens with one attached hydrogen (secondary N) is 1. The number of sulfonamides is 1. The lowest BCUT2D eigenvalue weighted by Crippen LogP contribution is -2.23. The third-order valence-corrected chi connectivity index (χ3v) is 5.74. The first-order valence-electron chi connectivity index (χ1n) is 8.03. The molecule has 0 fully saturated rings. The van der Waals surface area contributed by atoms with Crippen molar-refractivity contribution in [3.63, 3.8) is 0 Å². The molecule has 1 amide bonds. The Morgan fingerprint density at radius 1 is 1.07 bits per heavy atom. The highest BCUT2D eigenvalue weighted by molar-refractivity contribution is 7.89. The Morgan fingerprint density at radius 3 is 2.52 bits per heavy atom. The minimum Gasteiger partial charge on any atom is -0.506 e. The first-order valence-corrected chi connectivity index (χ1v) is 9.85. The molecule has 150 valence electrons. The summed E-state index contributed by atoms with van der Waals surface area (Å²) in [4.78, 5) is 11.7. The number of aliphatic hydroxyl groups is 1. The number of carbonyl (C=O) groups is 1. The van der Waals surface area contributed by atoms with Crippen molar-refractivity contribution in [1.82, 2.24) is 4.31 Å². The Kier molecular flexibility index (Phi) is 5.71. The van der Waals surface area contributed by atoms with Crippen LogP contribution in [-0.4, -0.2) is 23.7 Å². The predicted molar refractivity (Wildman–Crippen MR) is 104 cm³/mol. The molecule has 2 N–H and O–H groups in total. The van der Waals surface area contributed by atoms with Crippen molar-refractivity contribution in [2.24, 2.45) is 0 Å². The van der Waals surface area contributed by atoms with Crippen LogP contribution in [0.1, 0.15) is 10.4 Å². The number of nitrogens with zero attached hydrogens (tertiary/aromatic N) is 1. The van der Waals surface area contributed by atoms with E-state index in [4.69, 9.17) is 11.6 Å². The number of anilines is 1. The average Bonchev–Trinajstić information content (AvgIpc) is 2.90. The number of hydrogen-bond donors (Lipinski definition) is 2.